The van der Waals surface area contributed by atoms with Gasteiger partial charge in [0.05, 0.1) is 35.9 Å². The molecule has 4 aliphatic rings. The summed E-state index contributed by atoms with van der Waals surface area (Å²) in [5.74, 6) is -3.35. The standard InChI is InChI=1S/C32H33ClN2O6/c1-2-31-16-9-4-10-19-40-30(39)26(31)25-28(37)35(24(20-36)21-12-5-3-6-13-21)27-29(38)34(18-11-17-32(25,27)41-31)23-15-8-7-14-22(23)33/h3,5-9,11-17,24-27,36H,2,4,10,18-20H2,1H3/b16-9-/t24-,25+,26-,27?,31+,32+/m1/s1. The first kappa shape index (κ1) is 27.7. The molecule has 2 amide bonds. The molecule has 4 aliphatic heterocycles. The number of aliphatic hydroxyl groups excluding tert-OH is 1. The molecule has 0 radical (unpaired) electrons. The zero-order valence-corrected chi connectivity index (χ0v) is 23.6. The Morgan fingerprint density at radius 2 is 1.76 bits per heavy atom. The molecule has 1 N–H and O–H groups in total. The Kier molecular flexibility index (Phi) is 7.26. The second-order valence-electron chi connectivity index (χ2n) is 11.0. The minimum atomic E-state index is -1.48. The number of ether oxygens (including phenoxy) is 2. The van der Waals surface area contributed by atoms with Crippen molar-refractivity contribution >= 4 is 35.1 Å². The average Bonchev–Trinajstić information content (AvgIpc) is 3.36. The fraction of sp³-hybridized carbons (Fsp3) is 0.406. The summed E-state index contributed by atoms with van der Waals surface area (Å²) in [6.45, 7) is 1.92. The summed E-state index contributed by atoms with van der Waals surface area (Å²) >= 11 is 6.55. The Balaban J connectivity index is 1.57. The maximum absolute atomic E-state index is 14.7. The van der Waals surface area contributed by atoms with E-state index in [1.54, 1.807) is 35.2 Å². The molecule has 1 unspecified atom stereocenters. The first-order valence-electron chi connectivity index (χ1n) is 14.1. The van der Waals surface area contributed by atoms with E-state index in [0.717, 1.165) is 0 Å². The number of likely N-dealkylation sites (tertiary alicyclic amines) is 1. The van der Waals surface area contributed by atoms with Crippen molar-refractivity contribution in [1.29, 1.82) is 0 Å². The van der Waals surface area contributed by atoms with Crippen LogP contribution < -0.4 is 4.90 Å². The molecule has 0 bridgehead atoms. The van der Waals surface area contributed by atoms with Gasteiger partial charge in [0.25, 0.3) is 5.91 Å². The molecule has 9 heteroatoms. The summed E-state index contributed by atoms with van der Waals surface area (Å²) in [6.07, 6.45) is 9.23. The number of carbonyl (C=O) groups is 3. The third kappa shape index (κ3) is 4.23. The lowest BCUT2D eigenvalue weighted by atomic mass is 9.73. The monoisotopic (exact) mass is 576 g/mol. The highest BCUT2D eigenvalue weighted by molar-refractivity contribution is 6.34. The second kappa shape index (κ2) is 10.7. The van der Waals surface area contributed by atoms with Crippen LogP contribution in [0, 0.1) is 11.8 Å². The summed E-state index contributed by atoms with van der Waals surface area (Å²) in [7, 11) is 0. The molecule has 41 heavy (non-hydrogen) atoms. The van der Waals surface area contributed by atoms with Gasteiger partial charge in [-0.2, -0.15) is 0 Å². The first-order chi connectivity index (χ1) is 19.9. The molecule has 2 aromatic rings. The summed E-state index contributed by atoms with van der Waals surface area (Å²) in [5, 5.41) is 11.1. The van der Waals surface area contributed by atoms with E-state index in [1.165, 1.54) is 4.90 Å². The number of nitrogens with zero attached hydrogens (tertiary/aromatic N) is 2. The van der Waals surface area contributed by atoms with E-state index in [1.807, 2.05) is 55.5 Å². The highest BCUT2D eigenvalue weighted by Crippen LogP contribution is 2.59. The summed E-state index contributed by atoms with van der Waals surface area (Å²) in [5.41, 5.74) is -1.45. The van der Waals surface area contributed by atoms with Gasteiger partial charge >= 0.3 is 5.97 Å². The van der Waals surface area contributed by atoms with Crippen molar-refractivity contribution in [3.05, 3.63) is 89.5 Å². The molecular formula is C32H33ClN2O6. The number of para-hydroxylation sites is 1. The minimum absolute atomic E-state index is 0.193. The largest absolute Gasteiger partial charge is 0.465 e. The third-order valence-electron chi connectivity index (χ3n) is 8.91. The number of aliphatic hydroxyl groups is 1. The molecule has 2 saturated heterocycles. The number of halogens is 1. The van der Waals surface area contributed by atoms with Crippen LogP contribution in [0.1, 0.15) is 37.8 Å². The molecule has 1 spiro atoms. The van der Waals surface area contributed by atoms with Crippen LogP contribution in [0.15, 0.2) is 78.9 Å². The number of anilines is 1. The van der Waals surface area contributed by atoms with E-state index in [9.17, 15) is 19.5 Å². The molecule has 2 aromatic carbocycles. The van der Waals surface area contributed by atoms with Crippen LogP contribution in [0.2, 0.25) is 5.02 Å². The lowest BCUT2D eigenvalue weighted by Gasteiger charge is -2.41. The Morgan fingerprint density at radius 3 is 2.49 bits per heavy atom. The number of fused-ring (bicyclic) bond motifs is 2. The van der Waals surface area contributed by atoms with E-state index < -0.39 is 59.5 Å². The van der Waals surface area contributed by atoms with Crippen molar-refractivity contribution in [1.82, 2.24) is 4.90 Å². The third-order valence-corrected chi connectivity index (χ3v) is 9.23. The van der Waals surface area contributed by atoms with Crippen molar-refractivity contribution in [2.45, 2.75) is 49.5 Å². The molecule has 0 aromatic heterocycles. The van der Waals surface area contributed by atoms with Gasteiger partial charge in [-0.1, -0.05) is 85.3 Å². The maximum atomic E-state index is 14.7. The van der Waals surface area contributed by atoms with E-state index in [4.69, 9.17) is 21.1 Å². The van der Waals surface area contributed by atoms with Gasteiger partial charge in [-0.3, -0.25) is 14.4 Å². The number of esters is 1. The van der Waals surface area contributed by atoms with E-state index in [2.05, 4.69) is 0 Å². The molecule has 214 valence electrons. The fourth-order valence-corrected chi connectivity index (χ4v) is 7.30. The van der Waals surface area contributed by atoms with Crippen molar-refractivity contribution in [2.75, 3.05) is 24.7 Å². The highest BCUT2D eigenvalue weighted by Gasteiger charge is 2.76. The molecular weight excluding hydrogens is 544 g/mol. The van der Waals surface area contributed by atoms with Gasteiger partial charge in [-0.15, -0.1) is 0 Å². The molecule has 6 atom stereocenters. The fourth-order valence-electron chi connectivity index (χ4n) is 7.07. The van der Waals surface area contributed by atoms with Gasteiger partial charge in [-0.05, 0) is 37.0 Å². The number of cyclic esters (lactones) is 1. The van der Waals surface area contributed by atoms with E-state index in [-0.39, 0.29) is 13.2 Å². The average molecular weight is 577 g/mol. The quantitative estimate of drug-likeness (QED) is 0.423. The van der Waals surface area contributed by atoms with Gasteiger partial charge in [0, 0.05) is 6.54 Å². The summed E-state index contributed by atoms with van der Waals surface area (Å²) in [4.78, 5) is 46.2. The topological polar surface area (TPSA) is 96.4 Å². The Labute approximate surface area is 244 Å². The van der Waals surface area contributed by atoms with Crippen LogP contribution in [0.3, 0.4) is 0 Å². The van der Waals surface area contributed by atoms with Crippen molar-refractivity contribution in [3.63, 3.8) is 0 Å². The number of rotatable bonds is 5. The lowest BCUT2D eigenvalue weighted by molar-refractivity contribution is -0.161. The predicted octanol–water partition coefficient (Wildman–Crippen LogP) is 4.23. The maximum Gasteiger partial charge on any atom is 0.313 e. The number of benzene rings is 2. The number of amides is 2. The summed E-state index contributed by atoms with van der Waals surface area (Å²) in [6, 6.07) is 14.1. The predicted molar refractivity (Wildman–Crippen MR) is 153 cm³/mol. The van der Waals surface area contributed by atoms with Crippen LogP contribution in [0.25, 0.3) is 0 Å². The molecule has 0 aliphatic carbocycles. The number of carbonyl (C=O) groups excluding carboxylic acids is 3. The van der Waals surface area contributed by atoms with Crippen LogP contribution in [-0.2, 0) is 23.9 Å². The molecule has 6 rings (SSSR count). The second-order valence-corrected chi connectivity index (χ2v) is 11.4. The minimum Gasteiger partial charge on any atom is -0.465 e. The zero-order chi connectivity index (χ0) is 28.8. The lowest BCUT2D eigenvalue weighted by Crippen LogP contribution is -2.57. The van der Waals surface area contributed by atoms with E-state index >= 15 is 0 Å². The Bertz CT molecular complexity index is 1410. The SMILES string of the molecule is CC[C@]12/C=C\CCCOC(=O)[C@H]1[C@H]1C(=O)N([C@H](CO)c3ccccc3)C3C(=O)N(c4ccccc4Cl)CC=C[C@@]31O2. The normalized spacial score (nSPS) is 32.7. The molecule has 0 saturated carbocycles. The van der Waals surface area contributed by atoms with Crippen molar-refractivity contribution in [2.24, 2.45) is 11.8 Å². The van der Waals surface area contributed by atoms with Crippen LogP contribution in [0.4, 0.5) is 5.69 Å². The number of hydrogen-bond acceptors (Lipinski definition) is 6. The van der Waals surface area contributed by atoms with Crippen LogP contribution in [-0.4, -0.2) is 64.8 Å². The molecule has 2 fully saturated rings. The van der Waals surface area contributed by atoms with E-state index in [0.29, 0.717) is 35.5 Å². The van der Waals surface area contributed by atoms with Gasteiger partial charge in [0.2, 0.25) is 5.91 Å². The first-order valence-corrected chi connectivity index (χ1v) is 14.5. The summed E-state index contributed by atoms with van der Waals surface area (Å²) < 4.78 is 12.7. The van der Waals surface area contributed by atoms with Gasteiger partial charge in [0.15, 0.2) is 0 Å². The molecule has 8 nitrogen and oxygen atoms in total. The van der Waals surface area contributed by atoms with Gasteiger partial charge in [-0.25, -0.2) is 0 Å². The number of allylic oxidation sites excluding steroid dienone is 1. The number of hydrogen-bond donors (Lipinski definition) is 1. The van der Waals surface area contributed by atoms with Gasteiger partial charge in [0.1, 0.15) is 23.2 Å². The molecule has 4 heterocycles. The highest BCUT2D eigenvalue weighted by atomic mass is 35.5. The van der Waals surface area contributed by atoms with Crippen LogP contribution >= 0.6 is 11.6 Å². The zero-order valence-electron chi connectivity index (χ0n) is 22.8. The van der Waals surface area contributed by atoms with Crippen LogP contribution in [0.5, 0.6) is 0 Å². The van der Waals surface area contributed by atoms with Crippen molar-refractivity contribution in [3.8, 4) is 0 Å². The van der Waals surface area contributed by atoms with Crippen molar-refractivity contribution < 1.29 is 29.0 Å². The van der Waals surface area contributed by atoms with Gasteiger partial charge < -0.3 is 24.4 Å². The Hall–Kier alpha value is -3.46. The Morgan fingerprint density at radius 1 is 1.00 bits per heavy atom. The smallest absolute Gasteiger partial charge is 0.313 e.